The van der Waals surface area contributed by atoms with Gasteiger partial charge in [-0.2, -0.15) is 0 Å². The van der Waals surface area contributed by atoms with Gasteiger partial charge in [0.25, 0.3) is 0 Å². The van der Waals surface area contributed by atoms with Gasteiger partial charge in [0.1, 0.15) is 5.82 Å². The Kier molecular flexibility index (Phi) is 7.39. The van der Waals surface area contributed by atoms with E-state index in [4.69, 9.17) is 5.73 Å². The van der Waals surface area contributed by atoms with Gasteiger partial charge < -0.3 is 16.0 Å². The van der Waals surface area contributed by atoms with Gasteiger partial charge in [-0.05, 0) is 24.1 Å². The van der Waals surface area contributed by atoms with Crippen molar-refractivity contribution in [3.8, 4) is 0 Å². The molecule has 0 heterocycles. The van der Waals surface area contributed by atoms with Crippen LogP contribution in [0.2, 0.25) is 0 Å². The van der Waals surface area contributed by atoms with Crippen molar-refractivity contribution in [3.05, 3.63) is 66.0 Å². The lowest BCUT2D eigenvalue weighted by molar-refractivity contribution is -0.116. The van der Waals surface area contributed by atoms with Gasteiger partial charge in [0.15, 0.2) is 0 Å². The molecule has 0 unspecified atom stereocenters. The average Bonchev–Trinajstić information content (AvgIpc) is 2.60. The standard InChI is InChI=1S/C19H24FN3O/c20-17-8-4-5-9-18(17)22-19(24)11-14-23(15-12-21)13-10-16-6-2-1-3-7-16/h1-9H,10-15,21H2,(H,22,24). The normalized spacial score (nSPS) is 10.8. The minimum absolute atomic E-state index is 0.193. The van der Waals surface area contributed by atoms with E-state index in [0.717, 1.165) is 19.5 Å². The van der Waals surface area contributed by atoms with Gasteiger partial charge in [-0.15, -0.1) is 0 Å². The molecule has 0 spiro atoms. The van der Waals surface area contributed by atoms with Crippen LogP contribution in [0.4, 0.5) is 10.1 Å². The molecular weight excluding hydrogens is 305 g/mol. The van der Waals surface area contributed by atoms with E-state index in [9.17, 15) is 9.18 Å². The fourth-order valence-corrected chi connectivity index (χ4v) is 2.48. The summed E-state index contributed by atoms with van der Waals surface area (Å²) in [4.78, 5) is 14.2. The van der Waals surface area contributed by atoms with Crippen LogP contribution in [0.5, 0.6) is 0 Å². The minimum atomic E-state index is -0.422. The highest BCUT2D eigenvalue weighted by Gasteiger charge is 2.10. The van der Waals surface area contributed by atoms with E-state index in [0.29, 0.717) is 19.5 Å². The lowest BCUT2D eigenvalue weighted by atomic mass is 10.1. The summed E-state index contributed by atoms with van der Waals surface area (Å²) in [5.41, 5.74) is 7.14. The lowest BCUT2D eigenvalue weighted by Crippen LogP contribution is -2.34. The predicted molar refractivity (Wildman–Crippen MR) is 95.3 cm³/mol. The zero-order chi connectivity index (χ0) is 17.2. The Hall–Kier alpha value is -2.24. The third kappa shape index (κ3) is 6.10. The first-order valence-electron chi connectivity index (χ1n) is 8.20. The molecule has 24 heavy (non-hydrogen) atoms. The zero-order valence-electron chi connectivity index (χ0n) is 13.7. The Labute approximate surface area is 142 Å². The second-order valence-electron chi connectivity index (χ2n) is 5.64. The molecule has 2 aromatic rings. The Morgan fingerprint density at radius 3 is 2.42 bits per heavy atom. The van der Waals surface area contributed by atoms with Crippen molar-refractivity contribution in [2.45, 2.75) is 12.8 Å². The zero-order valence-corrected chi connectivity index (χ0v) is 13.7. The molecule has 4 nitrogen and oxygen atoms in total. The third-order valence-corrected chi connectivity index (χ3v) is 3.81. The number of nitrogens with two attached hydrogens (primary N) is 1. The molecule has 128 valence electrons. The maximum atomic E-state index is 13.5. The number of benzene rings is 2. The SMILES string of the molecule is NCCN(CCC(=O)Nc1ccccc1F)CCc1ccccc1. The number of halogens is 1. The quantitative estimate of drug-likeness (QED) is 0.743. The van der Waals surface area contributed by atoms with Gasteiger partial charge in [0, 0.05) is 32.6 Å². The lowest BCUT2D eigenvalue weighted by Gasteiger charge is -2.21. The molecule has 3 N–H and O–H groups in total. The van der Waals surface area contributed by atoms with Crippen molar-refractivity contribution in [1.82, 2.24) is 4.90 Å². The number of nitrogens with one attached hydrogen (secondary N) is 1. The predicted octanol–water partition coefficient (Wildman–Crippen LogP) is 2.66. The van der Waals surface area contributed by atoms with Crippen LogP contribution < -0.4 is 11.1 Å². The molecule has 2 rings (SSSR count). The minimum Gasteiger partial charge on any atom is -0.329 e. The van der Waals surface area contributed by atoms with Crippen LogP contribution in [0.15, 0.2) is 54.6 Å². The van der Waals surface area contributed by atoms with Gasteiger partial charge in [-0.25, -0.2) is 4.39 Å². The van der Waals surface area contributed by atoms with Gasteiger partial charge in [0.2, 0.25) is 5.91 Å². The number of amides is 1. The van der Waals surface area contributed by atoms with Crippen molar-refractivity contribution in [2.24, 2.45) is 5.73 Å². The van der Waals surface area contributed by atoms with E-state index in [1.54, 1.807) is 18.2 Å². The van der Waals surface area contributed by atoms with E-state index in [-0.39, 0.29) is 11.6 Å². The van der Waals surface area contributed by atoms with Crippen LogP contribution in [-0.4, -0.2) is 37.0 Å². The number of hydrogen-bond acceptors (Lipinski definition) is 3. The van der Waals surface area contributed by atoms with E-state index in [2.05, 4.69) is 22.3 Å². The molecule has 0 atom stereocenters. The second-order valence-corrected chi connectivity index (χ2v) is 5.64. The average molecular weight is 329 g/mol. The number of carbonyl (C=O) groups is 1. The van der Waals surface area contributed by atoms with Crippen LogP contribution in [0.3, 0.4) is 0 Å². The van der Waals surface area contributed by atoms with E-state index in [1.807, 2.05) is 18.2 Å². The van der Waals surface area contributed by atoms with E-state index < -0.39 is 5.82 Å². The maximum absolute atomic E-state index is 13.5. The number of rotatable bonds is 9. The molecule has 1 amide bonds. The van der Waals surface area contributed by atoms with Crippen molar-refractivity contribution >= 4 is 11.6 Å². The van der Waals surface area contributed by atoms with Gasteiger partial charge in [0.05, 0.1) is 5.69 Å². The monoisotopic (exact) mass is 329 g/mol. The van der Waals surface area contributed by atoms with Gasteiger partial charge >= 0.3 is 0 Å². The molecule has 5 heteroatoms. The number of carbonyl (C=O) groups excluding carboxylic acids is 1. The first-order chi connectivity index (χ1) is 11.7. The largest absolute Gasteiger partial charge is 0.329 e. The van der Waals surface area contributed by atoms with Crippen LogP contribution >= 0.6 is 0 Å². The van der Waals surface area contributed by atoms with Crippen molar-refractivity contribution in [3.63, 3.8) is 0 Å². The molecule has 0 aliphatic rings. The summed E-state index contributed by atoms with van der Waals surface area (Å²) in [5, 5.41) is 2.61. The van der Waals surface area contributed by atoms with Crippen molar-refractivity contribution < 1.29 is 9.18 Å². The smallest absolute Gasteiger partial charge is 0.225 e. The Balaban J connectivity index is 1.80. The van der Waals surface area contributed by atoms with Crippen LogP contribution in [-0.2, 0) is 11.2 Å². The highest BCUT2D eigenvalue weighted by atomic mass is 19.1. The fourth-order valence-electron chi connectivity index (χ4n) is 2.48. The van der Waals surface area contributed by atoms with Crippen LogP contribution in [0.25, 0.3) is 0 Å². The second kappa shape index (κ2) is 9.80. The number of anilines is 1. The summed E-state index contributed by atoms with van der Waals surface area (Å²) in [7, 11) is 0. The van der Waals surface area contributed by atoms with Gasteiger partial charge in [-0.3, -0.25) is 4.79 Å². The summed E-state index contributed by atoms with van der Waals surface area (Å²) >= 11 is 0. The first-order valence-corrected chi connectivity index (χ1v) is 8.20. The van der Waals surface area contributed by atoms with Crippen LogP contribution in [0.1, 0.15) is 12.0 Å². The third-order valence-electron chi connectivity index (χ3n) is 3.81. The maximum Gasteiger partial charge on any atom is 0.225 e. The van der Waals surface area contributed by atoms with Crippen LogP contribution in [0, 0.1) is 5.82 Å². The summed E-state index contributed by atoms with van der Waals surface area (Å²) in [6.07, 6.45) is 1.22. The number of para-hydroxylation sites is 1. The molecular formula is C19H24FN3O. The Bertz CT molecular complexity index is 634. The summed E-state index contributed by atoms with van der Waals surface area (Å²) < 4.78 is 13.5. The fraction of sp³-hybridized carbons (Fsp3) is 0.316. The Morgan fingerprint density at radius 2 is 1.71 bits per heavy atom. The molecule has 0 fully saturated rings. The highest BCUT2D eigenvalue weighted by molar-refractivity contribution is 5.90. The van der Waals surface area contributed by atoms with Gasteiger partial charge in [-0.1, -0.05) is 42.5 Å². The van der Waals surface area contributed by atoms with E-state index in [1.165, 1.54) is 11.6 Å². The summed E-state index contributed by atoms with van der Waals surface area (Å²) in [5.74, 6) is -0.615. The molecule has 0 aliphatic heterocycles. The molecule has 0 radical (unpaired) electrons. The molecule has 0 aliphatic carbocycles. The molecule has 0 saturated heterocycles. The number of nitrogens with zero attached hydrogens (tertiary/aromatic N) is 1. The summed E-state index contributed by atoms with van der Waals surface area (Å²) in [6, 6.07) is 16.4. The highest BCUT2D eigenvalue weighted by Crippen LogP contribution is 2.12. The first kappa shape index (κ1) is 18.1. The van der Waals surface area contributed by atoms with E-state index >= 15 is 0 Å². The summed E-state index contributed by atoms with van der Waals surface area (Å²) in [6.45, 7) is 2.72. The number of hydrogen-bond donors (Lipinski definition) is 2. The molecule has 0 bridgehead atoms. The van der Waals surface area contributed by atoms with Crippen molar-refractivity contribution in [1.29, 1.82) is 0 Å². The molecule has 0 saturated carbocycles. The Morgan fingerprint density at radius 1 is 1.00 bits per heavy atom. The van der Waals surface area contributed by atoms with Crippen molar-refractivity contribution in [2.75, 3.05) is 31.5 Å². The topological polar surface area (TPSA) is 58.4 Å². The molecule has 2 aromatic carbocycles. The molecule has 0 aromatic heterocycles.